The zero-order chi connectivity index (χ0) is 12.0. The quantitative estimate of drug-likeness (QED) is 0.776. The van der Waals surface area contributed by atoms with Gasteiger partial charge in [-0.15, -0.1) is 0 Å². The van der Waals surface area contributed by atoms with Crippen molar-refractivity contribution in [3.8, 4) is 0 Å². The van der Waals surface area contributed by atoms with Crippen molar-refractivity contribution >= 4 is 22.6 Å². The van der Waals surface area contributed by atoms with Crippen LogP contribution in [-0.4, -0.2) is 16.1 Å². The van der Waals surface area contributed by atoms with Gasteiger partial charge in [-0.25, -0.2) is 9.78 Å². The molecule has 5 heteroatoms. The second kappa shape index (κ2) is 3.43. The van der Waals surface area contributed by atoms with Crippen molar-refractivity contribution in [3.63, 3.8) is 0 Å². The van der Waals surface area contributed by atoms with E-state index in [4.69, 9.17) is 15.6 Å². The van der Waals surface area contributed by atoms with Crippen LogP contribution in [0.15, 0.2) is 18.2 Å². The van der Waals surface area contributed by atoms with E-state index in [1.54, 1.807) is 6.07 Å². The summed E-state index contributed by atoms with van der Waals surface area (Å²) in [6, 6.07) is 5.46. The second-order valence-electron chi connectivity index (χ2n) is 4.04. The number of hydrogen-bond acceptors (Lipinski definition) is 4. The molecule has 1 aromatic heterocycles. The average molecular weight is 230 g/mol. The van der Waals surface area contributed by atoms with Crippen LogP contribution in [0.1, 0.15) is 21.6 Å². The first-order chi connectivity index (χ1) is 8.15. The maximum absolute atomic E-state index is 10.9. The molecule has 1 aliphatic rings. The third-order valence-electron chi connectivity index (χ3n) is 2.88. The van der Waals surface area contributed by atoms with Crippen LogP contribution >= 0.6 is 0 Å². The Balaban J connectivity index is 2.29. The van der Waals surface area contributed by atoms with E-state index in [1.807, 2.05) is 12.1 Å². The van der Waals surface area contributed by atoms with E-state index in [0.29, 0.717) is 18.7 Å². The molecule has 1 aromatic carbocycles. The Bertz CT molecular complexity index is 637. The molecule has 0 bridgehead atoms. The SMILES string of the molecule is Nc1cc2cc3c(cc2nc1C(=O)O)COC3. The zero-order valence-electron chi connectivity index (χ0n) is 8.93. The predicted octanol–water partition coefficient (Wildman–Crippen LogP) is 1.55. The smallest absolute Gasteiger partial charge is 0.356 e. The number of anilines is 1. The number of benzene rings is 1. The van der Waals surface area contributed by atoms with E-state index in [0.717, 1.165) is 16.5 Å². The Hall–Kier alpha value is -2.14. The molecule has 1 aliphatic heterocycles. The Kier molecular flexibility index (Phi) is 2.02. The van der Waals surface area contributed by atoms with E-state index in [2.05, 4.69) is 4.98 Å². The topological polar surface area (TPSA) is 85.4 Å². The molecule has 0 fully saturated rings. The van der Waals surface area contributed by atoms with Gasteiger partial charge in [-0.3, -0.25) is 0 Å². The first-order valence-corrected chi connectivity index (χ1v) is 5.18. The molecule has 0 atom stereocenters. The summed E-state index contributed by atoms with van der Waals surface area (Å²) in [7, 11) is 0. The number of aromatic carboxylic acids is 1. The Morgan fingerprint density at radius 3 is 2.71 bits per heavy atom. The number of nitrogens with two attached hydrogens (primary N) is 1. The molecule has 2 heterocycles. The number of fused-ring (bicyclic) bond motifs is 2. The monoisotopic (exact) mass is 230 g/mol. The van der Waals surface area contributed by atoms with Gasteiger partial charge in [0.1, 0.15) is 0 Å². The van der Waals surface area contributed by atoms with Crippen molar-refractivity contribution in [2.45, 2.75) is 13.2 Å². The average Bonchev–Trinajstić information content (AvgIpc) is 2.71. The van der Waals surface area contributed by atoms with Crippen LogP contribution in [0.4, 0.5) is 5.69 Å². The summed E-state index contributed by atoms with van der Waals surface area (Å²) < 4.78 is 5.32. The summed E-state index contributed by atoms with van der Waals surface area (Å²) in [6.45, 7) is 1.14. The predicted molar refractivity (Wildman–Crippen MR) is 61.6 cm³/mol. The van der Waals surface area contributed by atoms with Gasteiger partial charge in [-0.1, -0.05) is 0 Å². The first kappa shape index (κ1) is 10.0. The summed E-state index contributed by atoms with van der Waals surface area (Å²) in [6.07, 6.45) is 0. The highest BCUT2D eigenvalue weighted by molar-refractivity contribution is 5.96. The Labute approximate surface area is 96.8 Å². The van der Waals surface area contributed by atoms with Crippen LogP contribution in [0.5, 0.6) is 0 Å². The fourth-order valence-electron chi connectivity index (χ4n) is 2.04. The molecule has 0 aliphatic carbocycles. The number of carbonyl (C=O) groups is 1. The maximum Gasteiger partial charge on any atom is 0.356 e. The first-order valence-electron chi connectivity index (χ1n) is 5.18. The summed E-state index contributed by atoms with van der Waals surface area (Å²) in [5, 5.41) is 9.80. The molecule has 3 rings (SSSR count). The molecule has 17 heavy (non-hydrogen) atoms. The van der Waals surface area contributed by atoms with Crippen molar-refractivity contribution < 1.29 is 14.6 Å². The van der Waals surface area contributed by atoms with Crippen LogP contribution < -0.4 is 5.73 Å². The summed E-state index contributed by atoms with van der Waals surface area (Å²) in [4.78, 5) is 15.0. The highest BCUT2D eigenvalue weighted by atomic mass is 16.5. The standard InChI is InChI=1S/C12H10N2O3/c13-9-2-6-1-7-4-17-5-8(7)3-10(6)14-11(9)12(15)16/h1-3H,4-5,13H2,(H,15,16). The van der Waals surface area contributed by atoms with Gasteiger partial charge in [0.15, 0.2) is 5.69 Å². The van der Waals surface area contributed by atoms with Crippen LogP contribution in [-0.2, 0) is 18.0 Å². The highest BCUT2D eigenvalue weighted by Gasteiger charge is 2.16. The van der Waals surface area contributed by atoms with Gasteiger partial charge in [0.2, 0.25) is 0 Å². The summed E-state index contributed by atoms with van der Waals surface area (Å²) >= 11 is 0. The van der Waals surface area contributed by atoms with Crippen molar-refractivity contribution in [1.29, 1.82) is 0 Å². The highest BCUT2D eigenvalue weighted by Crippen LogP contribution is 2.27. The third kappa shape index (κ3) is 1.52. The van der Waals surface area contributed by atoms with Crippen LogP contribution in [0.3, 0.4) is 0 Å². The molecule has 0 amide bonds. The summed E-state index contributed by atoms with van der Waals surface area (Å²) in [5.74, 6) is -1.11. The number of ether oxygens (including phenoxy) is 1. The lowest BCUT2D eigenvalue weighted by molar-refractivity contribution is 0.0692. The minimum Gasteiger partial charge on any atom is -0.476 e. The van der Waals surface area contributed by atoms with E-state index in [9.17, 15) is 4.79 Å². The Morgan fingerprint density at radius 1 is 1.29 bits per heavy atom. The second-order valence-corrected chi connectivity index (χ2v) is 4.04. The van der Waals surface area contributed by atoms with Crippen LogP contribution in [0.2, 0.25) is 0 Å². The van der Waals surface area contributed by atoms with Crippen molar-refractivity contribution in [3.05, 3.63) is 35.0 Å². The number of hydrogen-bond donors (Lipinski definition) is 2. The van der Waals surface area contributed by atoms with Gasteiger partial charge in [-0.05, 0) is 29.3 Å². The van der Waals surface area contributed by atoms with Gasteiger partial charge in [-0.2, -0.15) is 0 Å². The number of nitrogens with zero attached hydrogens (tertiary/aromatic N) is 1. The molecule has 0 unspecified atom stereocenters. The van der Waals surface area contributed by atoms with Gasteiger partial charge in [0.25, 0.3) is 0 Å². The van der Waals surface area contributed by atoms with E-state index in [-0.39, 0.29) is 11.4 Å². The number of pyridine rings is 1. The third-order valence-corrected chi connectivity index (χ3v) is 2.88. The van der Waals surface area contributed by atoms with Gasteiger partial charge in [0, 0.05) is 5.39 Å². The lowest BCUT2D eigenvalue weighted by Crippen LogP contribution is -2.05. The van der Waals surface area contributed by atoms with Crippen molar-refractivity contribution in [2.75, 3.05) is 5.73 Å². The molecule has 3 N–H and O–H groups in total. The van der Waals surface area contributed by atoms with E-state index in [1.165, 1.54) is 0 Å². The number of aromatic nitrogens is 1. The minimum atomic E-state index is -1.11. The van der Waals surface area contributed by atoms with Gasteiger partial charge >= 0.3 is 5.97 Å². The number of rotatable bonds is 1. The van der Waals surface area contributed by atoms with Crippen LogP contribution in [0, 0.1) is 0 Å². The lowest BCUT2D eigenvalue weighted by atomic mass is 10.1. The van der Waals surface area contributed by atoms with Crippen molar-refractivity contribution in [2.24, 2.45) is 0 Å². The normalized spacial score (nSPS) is 13.9. The molecular formula is C12H10N2O3. The molecule has 2 aromatic rings. The summed E-state index contributed by atoms with van der Waals surface area (Å²) in [5.41, 5.74) is 8.56. The molecule has 0 spiro atoms. The van der Waals surface area contributed by atoms with Crippen LogP contribution in [0.25, 0.3) is 10.9 Å². The van der Waals surface area contributed by atoms with Crippen molar-refractivity contribution in [1.82, 2.24) is 4.98 Å². The number of carboxylic acid groups (broad SMARTS) is 1. The van der Waals surface area contributed by atoms with E-state index >= 15 is 0 Å². The molecule has 0 saturated carbocycles. The molecule has 0 saturated heterocycles. The zero-order valence-corrected chi connectivity index (χ0v) is 8.93. The number of nitrogen functional groups attached to an aromatic ring is 1. The largest absolute Gasteiger partial charge is 0.476 e. The minimum absolute atomic E-state index is 0.101. The van der Waals surface area contributed by atoms with E-state index < -0.39 is 5.97 Å². The maximum atomic E-state index is 10.9. The lowest BCUT2D eigenvalue weighted by Gasteiger charge is -2.05. The Morgan fingerprint density at radius 2 is 2.00 bits per heavy atom. The van der Waals surface area contributed by atoms with Gasteiger partial charge in [0.05, 0.1) is 24.4 Å². The fourth-order valence-corrected chi connectivity index (χ4v) is 2.04. The molecule has 86 valence electrons. The number of carboxylic acids is 1. The molecule has 0 radical (unpaired) electrons. The molecular weight excluding hydrogens is 220 g/mol. The van der Waals surface area contributed by atoms with Gasteiger partial charge < -0.3 is 15.6 Å². The fraction of sp³-hybridized carbons (Fsp3) is 0.167. The molecule has 5 nitrogen and oxygen atoms in total.